The van der Waals surface area contributed by atoms with Crippen LogP contribution in [0.2, 0.25) is 10.0 Å². The van der Waals surface area contributed by atoms with Crippen molar-refractivity contribution >= 4 is 58.6 Å². The van der Waals surface area contributed by atoms with Gasteiger partial charge in [-0.25, -0.2) is 9.59 Å². The molecule has 1 heterocycles. The summed E-state index contributed by atoms with van der Waals surface area (Å²) in [5.74, 6) is -0.0506. The number of amides is 5. The Kier molecular flexibility index (Phi) is 5.20. The number of urea groups is 2. The van der Waals surface area contributed by atoms with Crippen molar-refractivity contribution in [2.75, 3.05) is 23.5 Å². The molecule has 1 saturated heterocycles. The molecule has 0 bridgehead atoms. The number of carbonyl (C=O) groups is 3. The smallest absolute Gasteiger partial charge is 0.318 e. The van der Waals surface area contributed by atoms with Crippen LogP contribution >= 0.6 is 35.0 Å². The maximum absolute atomic E-state index is 13.1. The Morgan fingerprint density at radius 2 is 1.83 bits per heavy atom. The molecule has 24 heavy (non-hydrogen) atoms. The first-order valence-corrected chi connectivity index (χ1v) is 9.22. The highest BCUT2D eigenvalue weighted by atomic mass is 35.5. The van der Waals surface area contributed by atoms with Gasteiger partial charge in [0.2, 0.25) is 0 Å². The van der Waals surface area contributed by atoms with E-state index < -0.39 is 28.0 Å². The fraction of sp³-hybridized carbons (Fsp3) is 0.400. The number of rotatable bonds is 4. The number of hydrogen-bond donors (Lipinski definition) is 1. The third-order valence-electron chi connectivity index (χ3n) is 4.15. The Balaban J connectivity index is 2.58. The van der Waals surface area contributed by atoms with Gasteiger partial charge in [0.1, 0.15) is 5.54 Å². The predicted molar refractivity (Wildman–Crippen MR) is 96.5 cm³/mol. The van der Waals surface area contributed by atoms with Crippen molar-refractivity contribution < 1.29 is 18.9 Å². The number of halogens is 2. The Labute approximate surface area is 154 Å². The van der Waals surface area contributed by atoms with Gasteiger partial charge in [0.05, 0.1) is 5.69 Å². The molecule has 2 rings (SSSR count). The Morgan fingerprint density at radius 1 is 1.29 bits per heavy atom. The van der Waals surface area contributed by atoms with Gasteiger partial charge in [-0.05, 0) is 38.3 Å². The van der Waals surface area contributed by atoms with Crippen LogP contribution in [0.5, 0.6) is 0 Å². The molecule has 1 aliphatic heterocycles. The third-order valence-corrected chi connectivity index (χ3v) is 5.58. The Bertz CT molecular complexity index is 706. The lowest BCUT2D eigenvalue weighted by atomic mass is 10.0. The largest absolute Gasteiger partial charge is 0.440 e. The number of imide groups is 2. The van der Waals surface area contributed by atoms with Crippen molar-refractivity contribution in [3.63, 3.8) is 0 Å². The first kappa shape index (κ1) is 19.1. The normalized spacial score (nSPS) is 21.5. The second kappa shape index (κ2) is 6.55. The fourth-order valence-corrected chi connectivity index (χ4v) is 4.39. The number of benzene rings is 1. The molecule has 1 aromatic carbocycles. The summed E-state index contributed by atoms with van der Waals surface area (Å²) in [5.41, 5.74) is 4.95. The maximum atomic E-state index is 13.1. The average molecular weight is 391 g/mol. The average Bonchev–Trinajstić information content (AvgIpc) is 2.70. The molecule has 1 aliphatic rings. The van der Waals surface area contributed by atoms with Crippen LogP contribution in [0.1, 0.15) is 13.8 Å². The molecule has 1 unspecified atom stereocenters. The highest BCUT2D eigenvalue weighted by Gasteiger charge is 2.64. The quantitative estimate of drug-likeness (QED) is 0.629. The van der Waals surface area contributed by atoms with Gasteiger partial charge in [0, 0.05) is 15.8 Å². The van der Waals surface area contributed by atoms with E-state index in [9.17, 15) is 14.4 Å². The molecule has 9 heteroatoms. The van der Waals surface area contributed by atoms with E-state index in [2.05, 4.69) is 0 Å². The number of carbonyl (C=O) groups excluding carboxylic acids is 3. The first-order chi connectivity index (χ1) is 11.1. The van der Waals surface area contributed by atoms with Crippen molar-refractivity contribution in [1.29, 1.82) is 0 Å². The van der Waals surface area contributed by atoms with E-state index >= 15 is 0 Å². The van der Waals surface area contributed by atoms with Gasteiger partial charge in [-0.2, -0.15) is 16.7 Å². The minimum Gasteiger partial charge on any atom is -0.318 e. The van der Waals surface area contributed by atoms with Crippen LogP contribution in [0.4, 0.5) is 15.3 Å². The van der Waals surface area contributed by atoms with Gasteiger partial charge >= 0.3 is 12.1 Å². The summed E-state index contributed by atoms with van der Waals surface area (Å²) in [6.07, 6.45) is 1.86. The van der Waals surface area contributed by atoms with Gasteiger partial charge in [-0.1, -0.05) is 23.2 Å². The lowest BCUT2D eigenvalue weighted by Gasteiger charge is -2.39. The molecule has 0 radical (unpaired) electrons. The van der Waals surface area contributed by atoms with Crippen molar-refractivity contribution in [2.24, 2.45) is 5.73 Å². The van der Waals surface area contributed by atoms with E-state index in [1.54, 1.807) is 13.8 Å². The molecule has 0 spiro atoms. The summed E-state index contributed by atoms with van der Waals surface area (Å²) < 4.78 is -0.767. The second-order valence-electron chi connectivity index (χ2n) is 6.19. The zero-order valence-electron chi connectivity index (χ0n) is 13.5. The molecule has 2 N–H and O–H groups in total. The second-order valence-corrected chi connectivity index (χ2v) is 7.93. The zero-order chi connectivity index (χ0) is 18.3. The number of nitrogens with two attached hydrogens (primary N) is 1. The Hall–Kier alpha value is -1.28. The summed E-state index contributed by atoms with van der Waals surface area (Å²) in [6, 6.07) is 2.84. The number of primary amides is 1. The highest BCUT2D eigenvalue weighted by Crippen LogP contribution is 2.37. The summed E-state index contributed by atoms with van der Waals surface area (Å²) in [4.78, 5) is 38.9. The minimum absolute atomic E-state index is 0.226. The first-order valence-electron chi connectivity index (χ1n) is 7.07. The van der Waals surface area contributed by atoms with Gasteiger partial charge in [0.15, 0.2) is 6.54 Å². The van der Waals surface area contributed by atoms with E-state index in [1.165, 1.54) is 30.0 Å². The van der Waals surface area contributed by atoms with Crippen molar-refractivity contribution in [1.82, 2.24) is 0 Å². The molecular formula is C15H18Cl2N3O3S+. The summed E-state index contributed by atoms with van der Waals surface area (Å²) in [5, 5.41) is 0.566. The molecule has 0 saturated carbocycles. The summed E-state index contributed by atoms with van der Waals surface area (Å²) >= 11 is 13.4. The van der Waals surface area contributed by atoms with E-state index in [1.807, 2.05) is 6.26 Å². The van der Waals surface area contributed by atoms with E-state index in [4.69, 9.17) is 28.9 Å². The zero-order valence-corrected chi connectivity index (χ0v) is 15.8. The van der Waals surface area contributed by atoms with Crippen LogP contribution in [0.15, 0.2) is 18.2 Å². The minimum atomic E-state index is -0.858. The maximum Gasteiger partial charge on any atom is 0.440 e. The molecule has 130 valence electrons. The van der Waals surface area contributed by atoms with Crippen molar-refractivity contribution in [3.05, 3.63) is 28.2 Å². The summed E-state index contributed by atoms with van der Waals surface area (Å²) in [6.45, 7) is 3.16. The number of anilines is 1. The molecule has 6 nitrogen and oxygen atoms in total. The summed E-state index contributed by atoms with van der Waals surface area (Å²) in [7, 11) is 0. The van der Waals surface area contributed by atoms with Crippen LogP contribution in [-0.2, 0) is 4.79 Å². The topological polar surface area (TPSA) is 80.5 Å². The van der Waals surface area contributed by atoms with Crippen LogP contribution in [0, 0.1) is 0 Å². The fourth-order valence-electron chi connectivity index (χ4n) is 2.95. The van der Waals surface area contributed by atoms with Gasteiger partial charge in [-0.15, -0.1) is 4.48 Å². The molecule has 1 aromatic rings. The van der Waals surface area contributed by atoms with Gasteiger partial charge in [0.25, 0.3) is 5.91 Å². The standard InChI is InChI=1S/C15H17Cl2N3O3S/c1-15(2,8-24-3)20(13(18)22)7-12(21)19(14(20)23)11-5-9(16)4-10(17)6-11/h4-6H,7-8H2,1-3H3,(H-,18,22)/p+1. The molecule has 1 fully saturated rings. The number of hydrogen-bond acceptors (Lipinski definition) is 4. The van der Waals surface area contributed by atoms with Gasteiger partial charge < -0.3 is 5.73 Å². The van der Waals surface area contributed by atoms with Crippen LogP contribution < -0.4 is 10.6 Å². The third kappa shape index (κ3) is 2.90. The van der Waals surface area contributed by atoms with E-state index in [0.717, 1.165) is 4.90 Å². The van der Waals surface area contributed by atoms with Crippen molar-refractivity contribution in [3.8, 4) is 0 Å². The number of nitrogens with zero attached hydrogens (tertiary/aromatic N) is 2. The molecule has 0 aromatic heterocycles. The highest BCUT2D eigenvalue weighted by molar-refractivity contribution is 7.98. The lowest BCUT2D eigenvalue weighted by molar-refractivity contribution is -0.803. The van der Waals surface area contributed by atoms with Crippen LogP contribution in [-0.4, -0.2) is 46.5 Å². The number of thioether (sulfide) groups is 1. The van der Waals surface area contributed by atoms with Crippen molar-refractivity contribution in [2.45, 2.75) is 19.4 Å². The Morgan fingerprint density at radius 3 is 2.29 bits per heavy atom. The SMILES string of the molecule is CSCC(C)(C)[N+]1(C(N)=O)CC(=O)N(c2cc(Cl)cc(Cl)c2)C1=O. The molecule has 0 aliphatic carbocycles. The number of quaternary nitrogens is 1. The molecule has 5 amide bonds. The molecule has 1 atom stereocenters. The lowest BCUT2D eigenvalue weighted by Crippen LogP contribution is -2.69. The van der Waals surface area contributed by atoms with E-state index in [-0.39, 0.29) is 22.3 Å². The predicted octanol–water partition coefficient (Wildman–Crippen LogP) is 3.50. The monoisotopic (exact) mass is 390 g/mol. The van der Waals surface area contributed by atoms with E-state index in [0.29, 0.717) is 5.75 Å². The van der Waals surface area contributed by atoms with Crippen LogP contribution in [0.25, 0.3) is 0 Å². The molecular weight excluding hydrogens is 373 g/mol. The van der Waals surface area contributed by atoms with Gasteiger partial charge in [-0.3, -0.25) is 4.79 Å². The van der Waals surface area contributed by atoms with Crippen LogP contribution in [0.3, 0.4) is 0 Å².